The third-order valence-corrected chi connectivity index (χ3v) is 5.56. The molecule has 0 unspecified atom stereocenters. The third kappa shape index (κ3) is 5.98. The second-order valence-corrected chi connectivity index (χ2v) is 8.30. The van der Waals surface area contributed by atoms with E-state index in [1.165, 1.54) is 12.8 Å². The molecule has 1 aromatic carbocycles. The van der Waals surface area contributed by atoms with E-state index in [9.17, 15) is 5.11 Å². The summed E-state index contributed by atoms with van der Waals surface area (Å²) in [5.74, 6) is 1.99. The topological polar surface area (TPSA) is 87.7 Å². The van der Waals surface area contributed by atoms with Crippen molar-refractivity contribution in [2.45, 2.75) is 44.2 Å². The molecule has 0 aliphatic heterocycles. The molecule has 2 atom stereocenters. The normalized spacial score (nSPS) is 19.4. The van der Waals surface area contributed by atoms with Crippen molar-refractivity contribution in [3.63, 3.8) is 0 Å². The number of benzene rings is 1. The van der Waals surface area contributed by atoms with Gasteiger partial charge in [0.2, 0.25) is 0 Å². The average Bonchev–Trinajstić information content (AvgIpc) is 2.97. The maximum absolute atomic E-state index is 10.5. The third-order valence-electron chi connectivity index (χ3n) is 5.56. The molecule has 1 heterocycles. The van der Waals surface area contributed by atoms with E-state index in [1.807, 2.05) is 31.1 Å². The molecular formula is C24H33N5O2. The first-order chi connectivity index (χ1) is 14.9. The van der Waals surface area contributed by atoms with E-state index in [0.717, 1.165) is 25.1 Å². The minimum atomic E-state index is 0.0795. The van der Waals surface area contributed by atoms with E-state index in [-0.39, 0.29) is 11.8 Å². The highest BCUT2D eigenvalue weighted by Gasteiger charge is 2.22. The van der Waals surface area contributed by atoms with E-state index < -0.39 is 0 Å². The zero-order chi connectivity index (χ0) is 22.4. The molecular weight excluding hydrogens is 390 g/mol. The van der Waals surface area contributed by atoms with Crippen molar-refractivity contribution in [2.24, 2.45) is 5.73 Å². The number of aromatic nitrogens is 2. The molecule has 0 amide bonds. The number of anilines is 1. The SMILES string of the molecule is C=C/C(=C\N(C)C)Oc1ccc(-c2ccc(N(C)[C@@H]3CCCC[C@H](N)C3)nn2)c(O)c1. The molecule has 0 radical (unpaired) electrons. The Morgan fingerprint density at radius 2 is 1.94 bits per heavy atom. The van der Waals surface area contributed by atoms with E-state index in [4.69, 9.17) is 10.5 Å². The lowest BCUT2D eigenvalue weighted by atomic mass is 10.1. The zero-order valence-electron chi connectivity index (χ0n) is 18.7. The summed E-state index contributed by atoms with van der Waals surface area (Å²) in [4.78, 5) is 4.04. The Hall–Kier alpha value is -3.06. The standard InChI is InChI=1S/C24H33N5O2/c1-5-19(16-28(2)3)31-20-10-11-21(23(30)15-20)22-12-13-24(27-26-22)29(4)18-9-7-6-8-17(25)14-18/h5,10-13,15-18,30H,1,6-9,14,25H2,2-4H3/b19-16+/t17-,18+/m0/s1. The second-order valence-electron chi connectivity index (χ2n) is 8.30. The van der Waals surface area contributed by atoms with Crippen molar-refractivity contribution in [1.82, 2.24) is 15.1 Å². The average molecular weight is 424 g/mol. The monoisotopic (exact) mass is 423 g/mol. The first kappa shape index (κ1) is 22.6. The van der Waals surface area contributed by atoms with Crippen LogP contribution in [0.1, 0.15) is 32.1 Å². The molecule has 0 spiro atoms. The van der Waals surface area contributed by atoms with Crippen molar-refractivity contribution in [2.75, 3.05) is 26.0 Å². The fourth-order valence-electron chi connectivity index (χ4n) is 3.87. The molecule has 1 saturated carbocycles. The van der Waals surface area contributed by atoms with Gasteiger partial charge in [-0.25, -0.2) is 0 Å². The Morgan fingerprint density at radius 1 is 1.16 bits per heavy atom. The van der Waals surface area contributed by atoms with Crippen molar-refractivity contribution in [3.8, 4) is 22.8 Å². The van der Waals surface area contributed by atoms with Gasteiger partial charge in [0.05, 0.1) is 5.69 Å². The minimum absolute atomic E-state index is 0.0795. The van der Waals surface area contributed by atoms with Crippen LogP contribution in [0, 0.1) is 0 Å². The summed E-state index contributed by atoms with van der Waals surface area (Å²) in [7, 11) is 5.85. The van der Waals surface area contributed by atoms with Gasteiger partial charge < -0.3 is 25.4 Å². The van der Waals surface area contributed by atoms with E-state index in [1.54, 1.807) is 30.5 Å². The largest absolute Gasteiger partial charge is 0.507 e. The molecule has 2 aromatic rings. The zero-order valence-corrected chi connectivity index (χ0v) is 18.7. The fraction of sp³-hybridized carbons (Fsp3) is 0.417. The number of hydrogen-bond donors (Lipinski definition) is 2. The Kier molecular flexibility index (Phi) is 7.52. The number of hydrogen-bond acceptors (Lipinski definition) is 7. The van der Waals surface area contributed by atoms with Crippen LogP contribution < -0.4 is 15.4 Å². The lowest BCUT2D eigenvalue weighted by molar-refractivity contribution is 0.414. The van der Waals surface area contributed by atoms with E-state index >= 15 is 0 Å². The van der Waals surface area contributed by atoms with Crippen LogP contribution in [0.15, 0.2) is 54.9 Å². The van der Waals surface area contributed by atoms with Crippen molar-refractivity contribution in [3.05, 3.63) is 54.9 Å². The number of rotatable bonds is 7. The molecule has 31 heavy (non-hydrogen) atoms. The van der Waals surface area contributed by atoms with E-state index in [0.29, 0.717) is 28.8 Å². The molecule has 7 nitrogen and oxygen atoms in total. The summed E-state index contributed by atoms with van der Waals surface area (Å²) in [5.41, 5.74) is 7.42. The fourth-order valence-corrected chi connectivity index (χ4v) is 3.87. The lowest BCUT2D eigenvalue weighted by Gasteiger charge is -2.29. The quantitative estimate of drug-likeness (QED) is 0.396. The summed E-state index contributed by atoms with van der Waals surface area (Å²) >= 11 is 0. The summed E-state index contributed by atoms with van der Waals surface area (Å²) in [6.45, 7) is 3.75. The van der Waals surface area contributed by atoms with Gasteiger partial charge in [-0.15, -0.1) is 10.2 Å². The van der Waals surface area contributed by atoms with Crippen molar-refractivity contribution >= 4 is 5.82 Å². The predicted octanol–water partition coefficient (Wildman–Crippen LogP) is 3.91. The van der Waals surface area contributed by atoms with Crippen LogP contribution in [0.25, 0.3) is 11.3 Å². The Morgan fingerprint density at radius 3 is 2.58 bits per heavy atom. The van der Waals surface area contributed by atoms with Gasteiger partial charge in [0.25, 0.3) is 0 Å². The predicted molar refractivity (Wildman–Crippen MR) is 125 cm³/mol. The number of phenols is 1. The van der Waals surface area contributed by atoms with Gasteiger partial charge in [-0.2, -0.15) is 0 Å². The number of ether oxygens (including phenoxy) is 1. The van der Waals surface area contributed by atoms with Gasteiger partial charge in [0, 0.05) is 51.1 Å². The van der Waals surface area contributed by atoms with Gasteiger partial charge in [0.15, 0.2) is 5.82 Å². The molecule has 1 aromatic heterocycles. The Bertz CT molecular complexity index is 911. The molecule has 1 aliphatic carbocycles. The molecule has 166 valence electrons. The van der Waals surface area contributed by atoms with Crippen molar-refractivity contribution in [1.29, 1.82) is 0 Å². The van der Waals surface area contributed by atoms with Crippen LogP contribution in [-0.2, 0) is 0 Å². The van der Waals surface area contributed by atoms with Crippen LogP contribution in [0.5, 0.6) is 11.5 Å². The summed E-state index contributed by atoms with van der Waals surface area (Å²) in [6, 6.07) is 9.57. The number of nitrogens with two attached hydrogens (primary N) is 1. The van der Waals surface area contributed by atoms with Crippen LogP contribution in [0.3, 0.4) is 0 Å². The smallest absolute Gasteiger partial charge is 0.151 e. The molecule has 3 rings (SSSR count). The summed E-state index contributed by atoms with van der Waals surface area (Å²) in [5, 5.41) is 19.3. The Balaban J connectivity index is 1.74. The molecule has 1 aliphatic rings. The number of aromatic hydroxyl groups is 1. The first-order valence-electron chi connectivity index (χ1n) is 10.7. The summed E-state index contributed by atoms with van der Waals surface area (Å²) < 4.78 is 5.77. The number of nitrogens with zero attached hydrogens (tertiary/aromatic N) is 4. The number of phenolic OH excluding ortho intramolecular Hbond substituents is 1. The molecule has 0 saturated heterocycles. The van der Waals surface area contributed by atoms with Crippen LogP contribution in [0.4, 0.5) is 5.82 Å². The first-order valence-corrected chi connectivity index (χ1v) is 10.7. The maximum Gasteiger partial charge on any atom is 0.151 e. The maximum atomic E-state index is 10.5. The van der Waals surface area contributed by atoms with Gasteiger partial charge >= 0.3 is 0 Å². The molecule has 1 fully saturated rings. The van der Waals surface area contributed by atoms with Crippen molar-refractivity contribution < 1.29 is 9.84 Å². The van der Waals surface area contributed by atoms with E-state index in [2.05, 4.69) is 28.7 Å². The highest BCUT2D eigenvalue weighted by molar-refractivity contribution is 5.68. The van der Waals surface area contributed by atoms with Crippen LogP contribution >= 0.6 is 0 Å². The van der Waals surface area contributed by atoms with Gasteiger partial charge in [-0.1, -0.05) is 19.4 Å². The summed E-state index contributed by atoms with van der Waals surface area (Å²) in [6.07, 6.45) is 8.98. The lowest BCUT2D eigenvalue weighted by Crippen LogP contribution is -2.36. The molecule has 0 bridgehead atoms. The van der Waals surface area contributed by atoms with Crippen LogP contribution in [-0.4, -0.2) is 53.4 Å². The highest BCUT2D eigenvalue weighted by Crippen LogP contribution is 2.32. The van der Waals surface area contributed by atoms with Gasteiger partial charge in [0.1, 0.15) is 17.3 Å². The minimum Gasteiger partial charge on any atom is -0.507 e. The Labute approximate surface area is 184 Å². The molecule has 3 N–H and O–H groups in total. The molecule has 7 heteroatoms. The van der Waals surface area contributed by atoms with Gasteiger partial charge in [-0.3, -0.25) is 0 Å². The highest BCUT2D eigenvalue weighted by atomic mass is 16.5. The van der Waals surface area contributed by atoms with Gasteiger partial charge in [-0.05, 0) is 49.6 Å². The second kappa shape index (κ2) is 10.3. The van der Waals surface area contributed by atoms with Crippen LogP contribution in [0.2, 0.25) is 0 Å². The number of allylic oxidation sites excluding steroid dienone is 1.